The Morgan fingerprint density at radius 3 is 2.80 bits per heavy atom. The molecule has 1 N–H and O–H groups in total. The van der Waals surface area contributed by atoms with Crippen molar-refractivity contribution in [1.82, 2.24) is 19.8 Å². The second-order valence-corrected chi connectivity index (χ2v) is 6.92. The zero-order valence-electron chi connectivity index (χ0n) is 15.0. The number of nitrogens with zero attached hydrogens (tertiary/aromatic N) is 3. The highest BCUT2D eigenvalue weighted by molar-refractivity contribution is 5.76. The highest BCUT2D eigenvalue weighted by atomic mass is 16.2. The lowest BCUT2D eigenvalue weighted by molar-refractivity contribution is -0.135. The van der Waals surface area contributed by atoms with Crippen LogP contribution in [0.15, 0.2) is 4.79 Å². The Bertz CT molecular complexity index is 728. The van der Waals surface area contributed by atoms with Gasteiger partial charge < -0.3 is 14.8 Å². The summed E-state index contributed by atoms with van der Waals surface area (Å²) in [6.45, 7) is 5.16. The van der Waals surface area contributed by atoms with Crippen LogP contribution in [0.3, 0.4) is 0 Å². The number of aromatic amines is 1. The zero-order valence-corrected chi connectivity index (χ0v) is 15.0. The summed E-state index contributed by atoms with van der Waals surface area (Å²) in [5, 5.41) is 0. The van der Waals surface area contributed by atoms with Crippen molar-refractivity contribution in [2.45, 2.75) is 65.0 Å². The summed E-state index contributed by atoms with van der Waals surface area (Å²) in [4.78, 5) is 47.8. The molecule has 1 aromatic rings. The molecule has 3 rings (SSSR count). The van der Waals surface area contributed by atoms with E-state index in [0.29, 0.717) is 49.6 Å². The van der Waals surface area contributed by atoms with Crippen molar-refractivity contribution in [1.29, 1.82) is 0 Å². The van der Waals surface area contributed by atoms with Crippen molar-refractivity contribution in [3.63, 3.8) is 0 Å². The second-order valence-electron chi connectivity index (χ2n) is 6.92. The fraction of sp³-hybridized carbons (Fsp3) is 0.667. The third-order valence-electron chi connectivity index (χ3n) is 5.14. The van der Waals surface area contributed by atoms with E-state index >= 15 is 0 Å². The average Bonchev–Trinajstić information content (AvgIpc) is 2.61. The number of amides is 2. The van der Waals surface area contributed by atoms with Crippen LogP contribution in [0.5, 0.6) is 0 Å². The van der Waals surface area contributed by atoms with Crippen molar-refractivity contribution in [3.05, 3.63) is 27.4 Å². The van der Waals surface area contributed by atoms with Crippen LogP contribution in [0.4, 0.5) is 0 Å². The first kappa shape index (κ1) is 17.6. The molecule has 0 aliphatic carbocycles. The summed E-state index contributed by atoms with van der Waals surface area (Å²) < 4.78 is 0. The van der Waals surface area contributed by atoms with Gasteiger partial charge in [0.15, 0.2) is 0 Å². The highest BCUT2D eigenvalue weighted by Gasteiger charge is 2.31. The lowest BCUT2D eigenvalue weighted by Crippen LogP contribution is -2.42. The smallest absolute Gasteiger partial charge is 0.254 e. The van der Waals surface area contributed by atoms with Gasteiger partial charge in [0.25, 0.3) is 5.56 Å². The lowest BCUT2D eigenvalue weighted by atomic mass is 9.99. The van der Waals surface area contributed by atoms with Gasteiger partial charge in [-0.05, 0) is 32.1 Å². The summed E-state index contributed by atoms with van der Waals surface area (Å²) in [6, 6.07) is -0.168. The van der Waals surface area contributed by atoms with Crippen LogP contribution < -0.4 is 5.56 Å². The van der Waals surface area contributed by atoms with E-state index in [1.807, 2.05) is 11.8 Å². The number of aromatic nitrogens is 2. The predicted octanol–water partition coefficient (Wildman–Crippen LogP) is 1.53. The SMILES string of the molecule is CCCC(=O)N1CCCC[C@@H]1c1nc2c(c(=O)[nH]1)CCN(C(C)=O)C2. The van der Waals surface area contributed by atoms with Gasteiger partial charge in [-0.25, -0.2) is 4.98 Å². The molecule has 1 atom stereocenters. The molecule has 2 aliphatic heterocycles. The van der Waals surface area contributed by atoms with Gasteiger partial charge in [-0.15, -0.1) is 0 Å². The Kier molecular flexibility index (Phi) is 5.20. The lowest BCUT2D eigenvalue weighted by Gasteiger charge is -2.36. The van der Waals surface area contributed by atoms with E-state index in [4.69, 9.17) is 0 Å². The van der Waals surface area contributed by atoms with E-state index in [0.717, 1.165) is 25.7 Å². The van der Waals surface area contributed by atoms with E-state index in [9.17, 15) is 14.4 Å². The second kappa shape index (κ2) is 7.37. The summed E-state index contributed by atoms with van der Waals surface area (Å²) in [5.74, 6) is 0.683. The molecule has 1 saturated heterocycles. The number of likely N-dealkylation sites (tertiary alicyclic amines) is 1. The maximum Gasteiger partial charge on any atom is 0.254 e. The van der Waals surface area contributed by atoms with Gasteiger partial charge in [0.2, 0.25) is 11.8 Å². The summed E-state index contributed by atoms with van der Waals surface area (Å²) in [7, 11) is 0. The van der Waals surface area contributed by atoms with Crippen molar-refractivity contribution in [3.8, 4) is 0 Å². The first-order chi connectivity index (χ1) is 12.0. The maximum absolute atomic E-state index is 12.5. The number of carbonyl (C=O) groups is 2. The van der Waals surface area contributed by atoms with Crippen molar-refractivity contribution >= 4 is 11.8 Å². The monoisotopic (exact) mass is 346 g/mol. The molecular formula is C18H26N4O3. The minimum absolute atomic E-state index is 0.00769. The molecule has 1 aromatic heterocycles. The number of nitrogens with one attached hydrogen (secondary N) is 1. The van der Waals surface area contributed by atoms with Gasteiger partial charge in [-0.3, -0.25) is 14.4 Å². The molecular weight excluding hydrogens is 320 g/mol. The Labute approximate surface area is 147 Å². The largest absolute Gasteiger partial charge is 0.337 e. The number of hydrogen-bond donors (Lipinski definition) is 1. The van der Waals surface area contributed by atoms with Crippen LogP contribution in [0.2, 0.25) is 0 Å². The van der Waals surface area contributed by atoms with Gasteiger partial charge in [0, 0.05) is 32.0 Å². The van der Waals surface area contributed by atoms with Crippen molar-refractivity contribution < 1.29 is 9.59 Å². The molecule has 25 heavy (non-hydrogen) atoms. The van der Waals surface area contributed by atoms with E-state index in [1.165, 1.54) is 6.92 Å². The van der Waals surface area contributed by atoms with Gasteiger partial charge in [0.05, 0.1) is 18.3 Å². The molecule has 0 spiro atoms. The van der Waals surface area contributed by atoms with E-state index < -0.39 is 0 Å². The maximum atomic E-state index is 12.5. The predicted molar refractivity (Wildman–Crippen MR) is 92.9 cm³/mol. The van der Waals surface area contributed by atoms with E-state index in [2.05, 4.69) is 9.97 Å². The molecule has 2 amide bonds. The zero-order chi connectivity index (χ0) is 18.0. The molecule has 0 bridgehead atoms. The summed E-state index contributed by atoms with van der Waals surface area (Å²) in [6.07, 6.45) is 4.67. The van der Waals surface area contributed by atoms with Gasteiger partial charge in [-0.2, -0.15) is 0 Å². The normalized spacial score (nSPS) is 20.3. The Balaban J connectivity index is 1.92. The first-order valence-electron chi connectivity index (χ1n) is 9.18. The van der Waals surface area contributed by atoms with Crippen molar-refractivity contribution in [2.75, 3.05) is 13.1 Å². The molecule has 136 valence electrons. The number of rotatable bonds is 3. The Morgan fingerprint density at radius 1 is 1.28 bits per heavy atom. The quantitative estimate of drug-likeness (QED) is 0.899. The van der Waals surface area contributed by atoms with Crippen LogP contribution in [0.25, 0.3) is 0 Å². The number of fused-ring (bicyclic) bond motifs is 1. The van der Waals surface area contributed by atoms with Crippen LogP contribution >= 0.6 is 0 Å². The first-order valence-corrected chi connectivity index (χ1v) is 9.18. The van der Waals surface area contributed by atoms with Crippen molar-refractivity contribution in [2.24, 2.45) is 0 Å². The minimum atomic E-state index is -0.168. The molecule has 1 fully saturated rings. The van der Waals surface area contributed by atoms with Gasteiger partial charge in [-0.1, -0.05) is 6.92 Å². The molecule has 0 radical (unpaired) electrons. The molecule has 3 heterocycles. The summed E-state index contributed by atoms with van der Waals surface area (Å²) >= 11 is 0. The molecule has 7 heteroatoms. The minimum Gasteiger partial charge on any atom is -0.337 e. The Morgan fingerprint density at radius 2 is 2.08 bits per heavy atom. The van der Waals surface area contributed by atoms with Crippen LogP contribution in [0.1, 0.15) is 69.1 Å². The average molecular weight is 346 g/mol. The van der Waals surface area contributed by atoms with Gasteiger partial charge >= 0.3 is 0 Å². The molecule has 7 nitrogen and oxygen atoms in total. The third-order valence-corrected chi connectivity index (χ3v) is 5.14. The summed E-state index contributed by atoms with van der Waals surface area (Å²) in [5.41, 5.74) is 1.22. The third kappa shape index (κ3) is 3.60. The molecule has 0 saturated carbocycles. The molecule has 0 unspecified atom stereocenters. The Hall–Kier alpha value is -2.18. The highest BCUT2D eigenvalue weighted by Crippen LogP contribution is 2.30. The fourth-order valence-electron chi connectivity index (χ4n) is 3.76. The van der Waals surface area contributed by atoms with Crippen LogP contribution in [-0.2, 0) is 22.6 Å². The number of H-pyrrole nitrogens is 1. The van der Waals surface area contributed by atoms with E-state index in [-0.39, 0.29) is 23.4 Å². The molecule has 2 aliphatic rings. The fourth-order valence-corrected chi connectivity index (χ4v) is 3.76. The topological polar surface area (TPSA) is 86.4 Å². The standard InChI is InChI=1S/C18H26N4O3/c1-3-6-16(24)22-9-5-4-7-15(22)17-19-14-11-21(12(2)23)10-8-13(14)18(25)20-17/h15H,3-11H2,1-2H3,(H,19,20,25)/t15-/m1/s1. The number of hydrogen-bond acceptors (Lipinski definition) is 4. The number of carbonyl (C=O) groups excluding carboxylic acids is 2. The molecule has 0 aromatic carbocycles. The van der Waals surface area contributed by atoms with Crippen LogP contribution in [0, 0.1) is 0 Å². The van der Waals surface area contributed by atoms with E-state index in [1.54, 1.807) is 4.90 Å². The number of piperidine rings is 1. The van der Waals surface area contributed by atoms with Crippen LogP contribution in [-0.4, -0.2) is 44.7 Å². The van der Waals surface area contributed by atoms with Gasteiger partial charge in [0.1, 0.15) is 5.82 Å².